The predicted octanol–water partition coefficient (Wildman–Crippen LogP) is 2.17. The molecular weight excluding hydrogens is 242 g/mol. The van der Waals surface area contributed by atoms with E-state index in [1.807, 2.05) is 0 Å². The van der Waals surface area contributed by atoms with Crippen LogP contribution in [0.1, 0.15) is 36.0 Å². The molecular formula is C15H19NO3. The lowest BCUT2D eigenvalue weighted by molar-refractivity contribution is -0.000447. The molecule has 0 saturated carbocycles. The van der Waals surface area contributed by atoms with Crippen molar-refractivity contribution < 1.29 is 14.6 Å². The average Bonchev–Trinajstić information content (AvgIpc) is 2.63. The van der Waals surface area contributed by atoms with E-state index in [9.17, 15) is 9.90 Å². The Morgan fingerprint density at radius 1 is 1.21 bits per heavy atom. The zero-order valence-corrected chi connectivity index (χ0v) is 11.1. The van der Waals surface area contributed by atoms with E-state index in [4.69, 9.17) is 4.74 Å². The van der Waals surface area contributed by atoms with Gasteiger partial charge < -0.3 is 14.7 Å². The molecule has 1 N–H and O–H groups in total. The largest absolute Gasteiger partial charge is 0.508 e. The molecule has 1 aromatic rings. The molecule has 0 aromatic heterocycles. The van der Waals surface area contributed by atoms with Crippen LogP contribution in [0.25, 0.3) is 0 Å². The van der Waals surface area contributed by atoms with Gasteiger partial charge in [0.25, 0.3) is 0 Å². The molecule has 0 unspecified atom stereocenters. The zero-order valence-electron chi connectivity index (χ0n) is 11.1. The molecule has 2 aliphatic heterocycles. The summed E-state index contributed by atoms with van der Waals surface area (Å²) < 4.78 is 5.60. The first-order valence-corrected chi connectivity index (χ1v) is 6.85. The van der Waals surface area contributed by atoms with Crippen molar-refractivity contribution in [1.82, 2.24) is 4.90 Å². The summed E-state index contributed by atoms with van der Waals surface area (Å²) in [7, 11) is 2.17. The van der Waals surface area contributed by atoms with Gasteiger partial charge in [0.2, 0.25) is 0 Å². The zero-order chi connectivity index (χ0) is 13.4. The lowest BCUT2D eigenvalue weighted by Crippen LogP contribution is -2.43. The minimum Gasteiger partial charge on any atom is -0.508 e. The van der Waals surface area contributed by atoms with Crippen LogP contribution < -0.4 is 0 Å². The Labute approximate surface area is 113 Å². The van der Waals surface area contributed by atoms with E-state index in [0.717, 1.165) is 12.8 Å². The van der Waals surface area contributed by atoms with Crippen LogP contribution in [-0.2, 0) is 4.74 Å². The van der Waals surface area contributed by atoms with Crippen molar-refractivity contribution in [2.75, 3.05) is 7.05 Å². The maximum absolute atomic E-state index is 12.0. The van der Waals surface area contributed by atoms with E-state index in [1.54, 1.807) is 12.1 Å². The minimum absolute atomic E-state index is 0.0370. The van der Waals surface area contributed by atoms with Gasteiger partial charge in [0.05, 0.1) is 5.56 Å². The van der Waals surface area contributed by atoms with E-state index < -0.39 is 0 Å². The Bertz CT molecular complexity index is 457. The molecule has 2 atom stereocenters. The number of nitrogens with zero attached hydrogens (tertiary/aromatic N) is 1. The number of piperidine rings is 1. The predicted molar refractivity (Wildman–Crippen MR) is 71.1 cm³/mol. The quantitative estimate of drug-likeness (QED) is 0.829. The summed E-state index contributed by atoms with van der Waals surface area (Å²) in [4.78, 5) is 14.4. The number of benzene rings is 1. The summed E-state index contributed by atoms with van der Waals surface area (Å²) in [5, 5.41) is 9.21. The number of carbonyl (C=O) groups excluding carboxylic acids is 1. The van der Waals surface area contributed by atoms with Crippen molar-refractivity contribution in [2.45, 2.75) is 43.9 Å². The van der Waals surface area contributed by atoms with Crippen LogP contribution in [0, 0.1) is 0 Å². The summed E-state index contributed by atoms with van der Waals surface area (Å²) in [6.07, 6.45) is 4.35. The number of fused-ring (bicyclic) bond motifs is 2. The lowest BCUT2D eigenvalue weighted by atomic mass is 10.0. The molecule has 2 bridgehead atoms. The number of hydrogen-bond acceptors (Lipinski definition) is 4. The Balaban J connectivity index is 1.63. The van der Waals surface area contributed by atoms with Crippen LogP contribution in [0.2, 0.25) is 0 Å². The Morgan fingerprint density at radius 2 is 1.79 bits per heavy atom. The van der Waals surface area contributed by atoms with Crippen molar-refractivity contribution in [3.63, 3.8) is 0 Å². The molecule has 19 heavy (non-hydrogen) atoms. The summed E-state index contributed by atoms with van der Waals surface area (Å²) in [6, 6.07) is 7.35. The van der Waals surface area contributed by atoms with E-state index in [0.29, 0.717) is 17.6 Å². The normalized spacial score (nSPS) is 30.3. The van der Waals surface area contributed by atoms with Gasteiger partial charge in [-0.05, 0) is 44.2 Å². The smallest absolute Gasteiger partial charge is 0.338 e. The van der Waals surface area contributed by atoms with Crippen LogP contribution in [-0.4, -0.2) is 41.2 Å². The van der Waals surface area contributed by atoms with E-state index in [2.05, 4.69) is 11.9 Å². The van der Waals surface area contributed by atoms with Gasteiger partial charge in [-0.2, -0.15) is 0 Å². The van der Waals surface area contributed by atoms with Gasteiger partial charge >= 0.3 is 5.97 Å². The summed E-state index contributed by atoms with van der Waals surface area (Å²) in [6.45, 7) is 0. The van der Waals surface area contributed by atoms with Gasteiger partial charge in [-0.25, -0.2) is 4.79 Å². The highest BCUT2D eigenvalue weighted by atomic mass is 16.5. The minimum atomic E-state index is -0.283. The van der Waals surface area contributed by atoms with Gasteiger partial charge in [0.15, 0.2) is 0 Å². The molecule has 0 aliphatic carbocycles. The number of hydrogen-bond donors (Lipinski definition) is 1. The molecule has 4 nitrogen and oxygen atoms in total. The van der Waals surface area contributed by atoms with Crippen LogP contribution in [0.5, 0.6) is 5.75 Å². The maximum atomic E-state index is 12.0. The fraction of sp³-hybridized carbons (Fsp3) is 0.533. The van der Waals surface area contributed by atoms with Crippen LogP contribution >= 0.6 is 0 Å². The number of phenolic OH excluding ortho intramolecular Hbond substituents is 1. The second-order valence-electron chi connectivity index (χ2n) is 5.60. The molecule has 0 spiro atoms. The fourth-order valence-electron chi connectivity index (χ4n) is 3.27. The standard InChI is InChI=1S/C15H19NO3/c1-16-11-4-5-12(16)9-14(8-11)19-15(18)10-2-6-13(17)7-3-10/h2-3,6-7,11-12,14,17H,4-5,8-9H2,1H3/t11-,12-/m0/s1. The third kappa shape index (κ3) is 2.45. The first kappa shape index (κ1) is 12.5. The van der Waals surface area contributed by atoms with Crippen molar-refractivity contribution in [3.8, 4) is 5.75 Å². The molecule has 102 valence electrons. The van der Waals surface area contributed by atoms with Gasteiger partial charge in [0, 0.05) is 24.9 Å². The molecule has 2 aliphatic rings. The van der Waals surface area contributed by atoms with Gasteiger partial charge in [0.1, 0.15) is 11.9 Å². The number of rotatable bonds is 2. The van der Waals surface area contributed by atoms with Crippen molar-refractivity contribution >= 4 is 5.97 Å². The summed E-state index contributed by atoms with van der Waals surface area (Å²) in [5.74, 6) is -0.122. The molecule has 3 rings (SSSR count). The highest BCUT2D eigenvalue weighted by molar-refractivity contribution is 5.89. The second-order valence-corrected chi connectivity index (χ2v) is 5.60. The number of phenols is 1. The Hall–Kier alpha value is -1.55. The SMILES string of the molecule is CN1[C@H]2CC[C@H]1CC(OC(=O)c1ccc(O)cc1)C2. The van der Waals surface area contributed by atoms with Gasteiger partial charge in [-0.1, -0.05) is 0 Å². The van der Waals surface area contributed by atoms with Crippen molar-refractivity contribution in [2.24, 2.45) is 0 Å². The Morgan fingerprint density at radius 3 is 2.37 bits per heavy atom. The molecule has 2 fully saturated rings. The highest BCUT2D eigenvalue weighted by Crippen LogP contribution is 2.35. The van der Waals surface area contributed by atoms with E-state index in [1.165, 1.54) is 25.0 Å². The first-order valence-electron chi connectivity index (χ1n) is 6.85. The van der Waals surface area contributed by atoms with Crippen LogP contribution in [0.15, 0.2) is 24.3 Å². The van der Waals surface area contributed by atoms with Crippen LogP contribution in [0.4, 0.5) is 0 Å². The van der Waals surface area contributed by atoms with Crippen molar-refractivity contribution in [3.05, 3.63) is 29.8 Å². The third-order valence-electron chi connectivity index (χ3n) is 4.43. The highest BCUT2D eigenvalue weighted by Gasteiger charge is 2.39. The first-order chi connectivity index (χ1) is 9.13. The molecule has 4 heteroatoms. The third-order valence-corrected chi connectivity index (χ3v) is 4.43. The lowest BCUT2D eigenvalue weighted by Gasteiger charge is -2.35. The molecule has 1 aromatic carbocycles. The monoisotopic (exact) mass is 261 g/mol. The van der Waals surface area contributed by atoms with E-state index in [-0.39, 0.29) is 17.8 Å². The number of esters is 1. The number of ether oxygens (including phenoxy) is 1. The summed E-state index contributed by atoms with van der Waals surface area (Å²) >= 11 is 0. The molecule has 2 heterocycles. The second kappa shape index (κ2) is 4.85. The van der Waals surface area contributed by atoms with Crippen LogP contribution in [0.3, 0.4) is 0 Å². The fourth-order valence-corrected chi connectivity index (χ4v) is 3.27. The van der Waals surface area contributed by atoms with Gasteiger partial charge in [-0.15, -0.1) is 0 Å². The number of aromatic hydroxyl groups is 1. The molecule has 0 radical (unpaired) electrons. The van der Waals surface area contributed by atoms with Gasteiger partial charge in [-0.3, -0.25) is 0 Å². The Kier molecular flexibility index (Phi) is 3.19. The maximum Gasteiger partial charge on any atom is 0.338 e. The number of carbonyl (C=O) groups is 1. The molecule has 2 saturated heterocycles. The summed E-state index contributed by atoms with van der Waals surface area (Å²) in [5.41, 5.74) is 0.504. The van der Waals surface area contributed by atoms with Crippen molar-refractivity contribution in [1.29, 1.82) is 0 Å². The topological polar surface area (TPSA) is 49.8 Å². The average molecular weight is 261 g/mol. The molecule has 0 amide bonds. The van der Waals surface area contributed by atoms with E-state index >= 15 is 0 Å².